The molecule has 7 rings (SSSR count). The molecule has 2 aromatic heterocycles. The molecule has 7 aromatic rings. The summed E-state index contributed by atoms with van der Waals surface area (Å²) >= 11 is 0. The average Bonchev–Trinajstić information content (AvgIpc) is 3.24. The molecule has 0 radical (unpaired) electrons. The van der Waals surface area contributed by atoms with Gasteiger partial charge >= 0.3 is 0 Å². The maximum Gasteiger partial charge on any atom is 0.155 e. The van der Waals surface area contributed by atoms with Crippen LogP contribution in [0.25, 0.3) is 44.3 Å². The minimum atomic E-state index is -0.117. The molecule has 0 saturated heterocycles. The highest BCUT2D eigenvalue weighted by molar-refractivity contribution is 5.87. The van der Waals surface area contributed by atoms with Gasteiger partial charge in [-0.1, -0.05) is 129 Å². The van der Waals surface area contributed by atoms with E-state index in [0.29, 0.717) is 6.42 Å². The highest BCUT2D eigenvalue weighted by atomic mass is 16.3. The Morgan fingerprint density at radius 3 is 1.79 bits per heavy atom. The number of aromatic nitrogens is 2. The van der Waals surface area contributed by atoms with Gasteiger partial charge in [0.25, 0.3) is 0 Å². The lowest BCUT2D eigenvalue weighted by Crippen LogP contribution is -1.97. The molecule has 4 nitrogen and oxygen atoms in total. The predicted octanol–water partition coefficient (Wildman–Crippen LogP) is 13.4. The molecular weight excluding hydrogens is 697 g/mol. The van der Waals surface area contributed by atoms with Crippen LogP contribution in [0, 0.1) is 0 Å². The molecule has 57 heavy (non-hydrogen) atoms. The Bertz CT molecular complexity index is 2450. The van der Waals surface area contributed by atoms with Gasteiger partial charge in [-0.3, -0.25) is 4.79 Å². The lowest BCUT2D eigenvalue weighted by molar-refractivity contribution is -0.112. The summed E-state index contributed by atoms with van der Waals surface area (Å²) in [6.07, 6.45) is 15.1. The number of hydrogen-bond acceptors (Lipinski definition) is 4. The third-order valence-electron chi connectivity index (χ3n) is 11.0. The zero-order chi connectivity index (χ0) is 39.2. The molecule has 0 aliphatic heterocycles. The maximum atomic E-state index is 11.2. The fourth-order valence-electron chi connectivity index (χ4n) is 7.90. The van der Waals surface area contributed by atoms with Crippen molar-refractivity contribution in [2.45, 2.75) is 90.4 Å². The van der Waals surface area contributed by atoms with Gasteiger partial charge in [0.15, 0.2) is 5.78 Å². The van der Waals surface area contributed by atoms with Crippen molar-refractivity contribution in [2.75, 3.05) is 0 Å². The van der Waals surface area contributed by atoms with Gasteiger partial charge in [-0.05, 0) is 123 Å². The van der Waals surface area contributed by atoms with E-state index < -0.39 is 0 Å². The van der Waals surface area contributed by atoms with Crippen molar-refractivity contribution in [2.24, 2.45) is 0 Å². The van der Waals surface area contributed by atoms with E-state index in [4.69, 9.17) is 9.97 Å². The van der Waals surface area contributed by atoms with E-state index in [2.05, 4.69) is 140 Å². The van der Waals surface area contributed by atoms with E-state index in [1.54, 1.807) is 0 Å². The van der Waals surface area contributed by atoms with Crippen LogP contribution in [0.1, 0.15) is 86.1 Å². The molecule has 0 aliphatic carbocycles. The van der Waals surface area contributed by atoms with E-state index in [9.17, 15) is 9.90 Å². The molecule has 5 aromatic carbocycles. The summed E-state index contributed by atoms with van der Waals surface area (Å²) in [6.45, 7) is 1.46. The van der Waals surface area contributed by atoms with Crippen molar-refractivity contribution < 1.29 is 9.90 Å². The number of para-hydroxylation sites is 2. The van der Waals surface area contributed by atoms with E-state index in [0.717, 1.165) is 60.9 Å². The molecule has 0 bridgehead atoms. The van der Waals surface area contributed by atoms with Crippen molar-refractivity contribution in [1.82, 2.24) is 9.97 Å². The first-order valence-corrected chi connectivity index (χ1v) is 20.9. The first kappa shape index (κ1) is 39.4. The molecule has 0 spiro atoms. The second-order valence-electron chi connectivity index (χ2n) is 15.5. The number of benzene rings is 5. The lowest BCUT2D eigenvalue weighted by Gasteiger charge is -2.12. The van der Waals surface area contributed by atoms with E-state index in [1.807, 2.05) is 0 Å². The van der Waals surface area contributed by atoms with Gasteiger partial charge in [-0.25, -0.2) is 9.97 Å². The second kappa shape index (κ2) is 19.8. The lowest BCUT2D eigenvalue weighted by atomic mass is 9.96. The van der Waals surface area contributed by atoms with Crippen molar-refractivity contribution in [3.63, 3.8) is 0 Å². The number of nitrogens with zero attached hydrogens (tertiary/aromatic N) is 2. The fourth-order valence-corrected chi connectivity index (χ4v) is 7.90. The van der Waals surface area contributed by atoms with Crippen LogP contribution in [0.3, 0.4) is 0 Å². The first-order chi connectivity index (χ1) is 28.0. The Labute approximate surface area is 338 Å². The van der Waals surface area contributed by atoms with E-state index >= 15 is 0 Å². The summed E-state index contributed by atoms with van der Waals surface area (Å²) in [4.78, 5) is 21.2. The van der Waals surface area contributed by atoms with Crippen LogP contribution in [-0.4, -0.2) is 20.9 Å². The molecule has 0 aliphatic rings. The predicted molar refractivity (Wildman–Crippen MR) is 238 cm³/mol. The summed E-state index contributed by atoms with van der Waals surface area (Å²) in [6, 6.07) is 50.2. The Morgan fingerprint density at radius 1 is 0.509 bits per heavy atom. The van der Waals surface area contributed by atoms with Gasteiger partial charge in [-0.15, -0.1) is 0 Å². The van der Waals surface area contributed by atoms with Gasteiger partial charge in [0, 0.05) is 34.4 Å². The largest absolute Gasteiger partial charge is 0.512 e. The molecule has 0 unspecified atom stereocenters. The minimum absolute atomic E-state index is 0.117. The highest BCUT2D eigenvalue weighted by Crippen LogP contribution is 2.28. The highest BCUT2D eigenvalue weighted by Gasteiger charge is 2.10. The molecule has 4 heteroatoms. The number of hydrogen-bond donors (Lipinski definition) is 1. The molecule has 0 atom stereocenters. The zero-order valence-corrected chi connectivity index (χ0v) is 33.3. The number of aliphatic hydroxyl groups is 1. The fraction of sp³-hybridized carbons (Fsp3) is 0.264. The number of unbranched alkanes of at least 4 members (excludes halogenated alkanes) is 5. The third kappa shape index (κ3) is 11.4. The van der Waals surface area contributed by atoms with Crippen molar-refractivity contribution >= 4 is 27.6 Å². The van der Waals surface area contributed by atoms with Gasteiger partial charge in [0.1, 0.15) is 0 Å². The van der Waals surface area contributed by atoms with E-state index in [-0.39, 0.29) is 11.5 Å². The number of fused-ring (bicyclic) bond motifs is 2. The van der Waals surface area contributed by atoms with Crippen molar-refractivity contribution in [3.05, 3.63) is 179 Å². The number of aryl methyl sites for hydroxylation is 5. The monoisotopic (exact) mass is 750 g/mol. The first-order valence-electron chi connectivity index (χ1n) is 20.9. The third-order valence-corrected chi connectivity index (χ3v) is 11.0. The van der Waals surface area contributed by atoms with Gasteiger partial charge in [0.2, 0.25) is 0 Å². The number of pyridine rings is 2. The summed E-state index contributed by atoms with van der Waals surface area (Å²) in [5, 5.41) is 12.3. The SMILES string of the molecule is CC(=O)C=C(O)CCCc1ccc(CCc2cc(-c3cccc(CCCCCCCCc4cccc(-c5ccc6ccccc6n5)c4)c3)nc3ccccc23)cc1. The topological polar surface area (TPSA) is 63.1 Å². The Hall–Kier alpha value is -5.87. The van der Waals surface area contributed by atoms with Crippen molar-refractivity contribution in [3.8, 4) is 22.5 Å². The number of ketones is 1. The second-order valence-corrected chi connectivity index (χ2v) is 15.5. The number of carbonyl (C=O) groups is 1. The van der Waals surface area contributed by atoms with Crippen LogP contribution in [0.2, 0.25) is 0 Å². The van der Waals surface area contributed by atoms with Crippen LogP contribution in [0.5, 0.6) is 0 Å². The zero-order valence-electron chi connectivity index (χ0n) is 33.3. The van der Waals surface area contributed by atoms with Gasteiger partial charge in [0.05, 0.1) is 28.2 Å². The molecule has 0 fully saturated rings. The molecular formula is C53H54N2O2. The molecule has 2 heterocycles. The minimum Gasteiger partial charge on any atom is -0.512 e. The summed E-state index contributed by atoms with van der Waals surface area (Å²) < 4.78 is 0. The quantitative estimate of drug-likeness (QED) is 0.0508. The maximum absolute atomic E-state index is 11.2. The van der Waals surface area contributed by atoms with Crippen LogP contribution in [0.4, 0.5) is 0 Å². The van der Waals surface area contributed by atoms with Crippen LogP contribution in [0.15, 0.2) is 151 Å². The Morgan fingerprint density at radius 2 is 1.09 bits per heavy atom. The Kier molecular flexibility index (Phi) is 13.7. The average molecular weight is 751 g/mol. The van der Waals surface area contributed by atoms with Gasteiger partial charge in [-0.2, -0.15) is 0 Å². The van der Waals surface area contributed by atoms with E-state index in [1.165, 1.54) is 101 Å². The summed E-state index contributed by atoms with van der Waals surface area (Å²) in [7, 11) is 0. The van der Waals surface area contributed by atoms with Crippen LogP contribution >= 0.6 is 0 Å². The summed E-state index contributed by atoms with van der Waals surface area (Å²) in [5.74, 6) is 0.0473. The number of aliphatic hydroxyl groups excluding tert-OH is 1. The molecule has 1 N–H and O–H groups in total. The van der Waals surface area contributed by atoms with Crippen LogP contribution < -0.4 is 0 Å². The number of allylic oxidation sites excluding steroid dienone is 2. The Balaban J connectivity index is 0.868. The molecule has 288 valence electrons. The number of rotatable bonds is 19. The molecule has 0 amide bonds. The van der Waals surface area contributed by atoms with Crippen molar-refractivity contribution in [1.29, 1.82) is 0 Å². The van der Waals surface area contributed by atoms with Gasteiger partial charge < -0.3 is 5.11 Å². The number of carbonyl (C=O) groups excluding carboxylic acids is 1. The summed E-state index contributed by atoms with van der Waals surface area (Å²) in [5.41, 5.74) is 13.2. The smallest absolute Gasteiger partial charge is 0.155 e. The standard InChI is InChI=1S/C53H54N2O2/c1-39(56)35-48(57)23-14-17-40-27-29-41(30-28-40)31-32-45-38-53(55-52-26-11-9-24-49(45)52)47-22-13-19-43(37-47)16-7-5-3-2-4-6-15-42-18-12-21-46(36-42)51-34-33-44-20-8-10-25-50(44)54-51/h8-13,18-22,24-30,33-38,57H,2-7,14-17,23,31-32H2,1H3. The normalized spacial score (nSPS) is 11.7. The van der Waals surface area contributed by atoms with Crippen LogP contribution in [-0.2, 0) is 36.9 Å². The molecule has 0 saturated carbocycles.